The van der Waals surface area contributed by atoms with Crippen molar-refractivity contribution in [1.82, 2.24) is 10.3 Å². The molecule has 0 fully saturated rings. The standard InChI is InChI=1S/C15H20N2S/c1-3-16-15(13-7-5-4-6-8-13)10-9-14-11-18-12(2)17-14/h4-8,11,15-16H,3,9-10H2,1-2H3. The molecule has 0 saturated carbocycles. The molecule has 2 nitrogen and oxygen atoms in total. The van der Waals surface area contributed by atoms with Crippen LogP contribution in [0.1, 0.15) is 35.7 Å². The molecule has 0 bridgehead atoms. The SMILES string of the molecule is CCNC(CCc1csc(C)n1)c1ccccc1. The number of aryl methyl sites for hydroxylation is 2. The number of nitrogens with zero attached hydrogens (tertiary/aromatic N) is 1. The Kier molecular flexibility index (Phi) is 4.90. The van der Waals surface area contributed by atoms with E-state index in [-0.39, 0.29) is 0 Å². The highest BCUT2D eigenvalue weighted by atomic mass is 32.1. The Morgan fingerprint density at radius 2 is 2.06 bits per heavy atom. The summed E-state index contributed by atoms with van der Waals surface area (Å²) in [6.45, 7) is 5.21. The number of nitrogens with one attached hydrogen (secondary N) is 1. The highest BCUT2D eigenvalue weighted by Crippen LogP contribution is 2.19. The van der Waals surface area contributed by atoms with Gasteiger partial charge in [-0.25, -0.2) is 4.98 Å². The predicted molar refractivity (Wildman–Crippen MR) is 78.0 cm³/mol. The lowest BCUT2D eigenvalue weighted by molar-refractivity contribution is 0.513. The average Bonchev–Trinajstić information content (AvgIpc) is 2.81. The minimum absolute atomic E-state index is 0.429. The van der Waals surface area contributed by atoms with Gasteiger partial charge in [0.2, 0.25) is 0 Å². The van der Waals surface area contributed by atoms with E-state index in [1.54, 1.807) is 11.3 Å². The van der Waals surface area contributed by atoms with Gasteiger partial charge < -0.3 is 5.32 Å². The number of hydrogen-bond acceptors (Lipinski definition) is 3. The van der Waals surface area contributed by atoms with Crippen LogP contribution >= 0.6 is 11.3 Å². The van der Waals surface area contributed by atoms with Crippen molar-refractivity contribution in [2.45, 2.75) is 32.7 Å². The molecule has 3 heteroatoms. The molecule has 96 valence electrons. The van der Waals surface area contributed by atoms with Crippen LogP contribution in [0, 0.1) is 6.92 Å². The van der Waals surface area contributed by atoms with E-state index in [0.29, 0.717) is 6.04 Å². The quantitative estimate of drug-likeness (QED) is 0.856. The van der Waals surface area contributed by atoms with Crippen molar-refractivity contribution in [2.75, 3.05) is 6.54 Å². The number of hydrogen-bond donors (Lipinski definition) is 1. The molecule has 2 rings (SSSR count). The average molecular weight is 260 g/mol. The van der Waals surface area contributed by atoms with Crippen molar-refractivity contribution in [3.63, 3.8) is 0 Å². The molecule has 1 atom stereocenters. The zero-order valence-corrected chi connectivity index (χ0v) is 11.8. The molecule has 1 aromatic carbocycles. The van der Waals surface area contributed by atoms with Crippen molar-refractivity contribution < 1.29 is 0 Å². The Morgan fingerprint density at radius 1 is 1.28 bits per heavy atom. The molecule has 1 aromatic heterocycles. The molecule has 0 spiro atoms. The number of rotatable bonds is 6. The third-order valence-electron chi connectivity index (χ3n) is 3.01. The molecule has 0 saturated heterocycles. The second kappa shape index (κ2) is 6.66. The van der Waals surface area contributed by atoms with Crippen LogP contribution in [0.5, 0.6) is 0 Å². The normalized spacial score (nSPS) is 12.6. The van der Waals surface area contributed by atoms with Crippen LogP contribution in [0.4, 0.5) is 0 Å². The first kappa shape index (κ1) is 13.2. The van der Waals surface area contributed by atoms with Gasteiger partial charge in [0.25, 0.3) is 0 Å². The van der Waals surface area contributed by atoms with E-state index in [1.807, 2.05) is 0 Å². The van der Waals surface area contributed by atoms with Gasteiger partial charge in [0.1, 0.15) is 0 Å². The summed E-state index contributed by atoms with van der Waals surface area (Å²) >= 11 is 1.73. The van der Waals surface area contributed by atoms with E-state index in [9.17, 15) is 0 Å². The van der Waals surface area contributed by atoms with Crippen LogP contribution in [-0.2, 0) is 6.42 Å². The minimum Gasteiger partial charge on any atom is -0.310 e. The predicted octanol–water partition coefficient (Wildman–Crippen LogP) is 3.73. The minimum atomic E-state index is 0.429. The van der Waals surface area contributed by atoms with Gasteiger partial charge in [-0.3, -0.25) is 0 Å². The molecule has 0 amide bonds. The van der Waals surface area contributed by atoms with Crippen molar-refractivity contribution in [3.05, 3.63) is 52.0 Å². The van der Waals surface area contributed by atoms with E-state index >= 15 is 0 Å². The van der Waals surface area contributed by atoms with Gasteiger partial charge in [-0.05, 0) is 31.9 Å². The molecule has 1 heterocycles. The first-order valence-corrected chi connectivity index (χ1v) is 7.37. The van der Waals surface area contributed by atoms with Gasteiger partial charge in [0.05, 0.1) is 10.7 Å². The Balaban J connectivity index is 1.98. The summed E-state index contributed by atoms with van der Waals surface area (Å²) in [5.41, 5.74) is 2.59. The molecule has 0 aliphatic heterocycles. The second-order valence-electron chi connectivity index (χ2n) is 4.42. The lowest BCUT2D eigenvalue weighted by Crippen LogP contribution is -2.21. The van der Waals surface area contributed by atoms with E-state index in [1.165, 1.54) is 11.3 Å². The number of thiazole rings is 1. The zero-order chi connectivity index (χ0) is 12.8. The first-order chi connectivity index (χ1) is 8.79. The Bertz CT molecular complexity index is 464. The highest BCUT2D eigenvalue weighted by molar-refractivity contribution is 7.09. The Labute approximate surface area is 113 Å². The largest absolute Gasteiger partial charge is 0.310 e. The Morgan fingerprint density at radius 3 is 2.67 bits per heavy atom. The smallest absolute Gasteiger partial charge is 0.0897 e. The van der Waals surface area contributed by atoms with Crippen LogP contribution in [0.3, 0.4) is 0 Å². The fraction of sp³-hybridized carbons (Fsp3) is 0.400. The molecule has 0 radical (unpaired) electrons. The summed E-state index contributed by atoms with van der Waals surface area (Å²) in [5.74, 6) is 0. The molecule has 18 heavy (non-hydrogen) atoms. The fourth-order valence-corrected chi connectivity index (χ4v) is 2.78. The van der Waals surface area contributed by atoms with Gasteiger partial charge in [-0.15, -0.1) is 11.3 Å². The highest BCUT2D eigenvalue weighted by Gasteiger charge is 2.10. The maximum absolute atomic E-state index is 4.53. The zero-order valence-electron chi connectivity index (χ0n) is 11.0. The summed E-state index contributed by atoms with van der Waals surface area (Å²) in [6.07, 6.45) is 2.14. The van der Waals surface area contributed by atoms with Crippen molar-refractivity contribution in [2.24, 2.45) is 0 Å². The lowest BCUT2D eigenvalue weighted by Gasteiger charge is -2.17. The van der Waals surface area contributed by atoms with Crippen LogP contribution < -0.4 is 5.32 Å². The van der Waals surface area contributed by atoms with Crippen LogP contribution in [0.25, 0.3) is 0 Å². The topological polar surface area (TPSA) is 24.9 Å². The third kappa shape index (κ3) is 3.65. The van der Waals surface area contributed by atoms with Crippen LogP contribution in [0.15, 0.2) is 35.7 Å². The van der Waals surface area contributed by atoms with E-state index < -0.39 is 0 Å². The third-order valence-corrected chi connectivity index (χ3v) is 3.83. The Hall–Kier alpha value is -1.19. The summed E-state index contributed by atoms with van der Waals surface area (Å²) in [5, 5.41) is 6.88. The molecule has 0 aliphatic rings. The van der Waals surface area contributed by atoms with Crippen molar-refractivity contribution in [3.8, 4) is 0 Å². The van der Waals surface area contributed by atoms with Crippen molar-refractivity contribution >= 4 is 11.3 Å². The second-order valence-corrected chi connectivity index (χ2v) is 5.48. The molecular formula is C15H20N2S. The first-order valence-electron chi connectivity index (χ1n) is 6.49. The summed E-state index contributed by atoms with van der Waals surface area (Å²) in [7, 11) is 0. The van der Waals surface area contributed by atoms with Gasteiger partial charge in [-0.2, -0.15) is 0 Å². The lowest BCUT2D eigenvalue weighted by atomic mass is 10.0. The van der Waals surface area contributed by atoms with Gasteiger partial charge in [-0.1, -0.05) is 37.3 Å². The van der Waals surface area contributed by atoms with E-state index in [0.717, 1.165) is 24.4 Å². The summed E-state index contributed by atoms with van der Waals surface area (Å²) in [4.78, 5) is 4.53. The molecule has 1 unspecified atom stereocenters. The molecular weight excluding hydrogens is 240 g/mol. The fourth-order valence-electron chi connectivity index (χ4n) is 2.13. The van der Waals surface area contributed by atoms with Crippen molar-refractivity contribution in [1.29, 1.82) is 0 Å². The molecule has 0 aliphatic carbocycles. The van der Waals surface area contributed by atoms with Gasteiger partial charge in [0, 0.05) is 11.4 Å². The maximum atomic E-state index is 4.53. The van der Waals surface area contributed by atoms with E-state index in [2.05, 4.69) is 59.9 Å². The van der Waals surface area contributed by atoms with Crippen LogP contribution in [-0.4, -0.2) is 11.5 Å². The monoisotopic (exact) mass is 260 g/mol. The number of benzene rings is 1. The molecule has 1 N–H and O–H groups in total. The molecule has 2 aromatic rings. The number of aromatic nitrogens is 1. The van der Waals surface area contributed by atoms with Gasteiger partial charge in [0.15, 0.2) is 0 Å². The van der Waals surface area contributed by atoms with E-state index in [4.69, 9.17) is 0 Å². The van der Waals surface area contributed by atoms with Gasteiger partial charge >= 0.3 is 0 Å². The van der Waals surface area contributed by atoms with Crippen LogP contribution in [0.2, 0.25) is 0 Å². The summed E-state index contributed by atoms with van der Waals surface area (Å²) in [6, 6.07) is 11.1. The summed E-state index contributed by atoms with van der Waals surface area (Å²) < 4.78 is 0. The maximum Gasteiger partial charge on any atom is 0.0897 e.